The van der Waals surface area contributed by atoms with Crippen LogP contribution in [0.5, 0.6) is 0 Å². The summed E-state index contributed by atoms with van der Waals surface area (Å²) >= 11 is 9.36. The van der Waals surface area contributed by atoms with Crippen LogP contribution in [0.3, 0.4) is 0 Å². The maximum atomic E-state index is 12.0. The Morgan fingerprint density at radius 2 is 2.11 bits per heavy atom. The van der Waals surface area contributed by atoms with Crippen molar-refractivity contribution >= 4 is 39.1 Å². The van der Waals surface area contributed by atoms with Crippen molar-refractivity contribution < 1.29 is 4.79 Å². The van der Waals surface area contributed by atoms with E-state index in [4.69, 9.17) is 11.6 Å². The number of anilines is 1. The molecule has 0 saturated heterocycles. The first kappa shape index (κ1) is 13.8. The fourth-order valence-electron chi connectivity index (χ4n) is 1.51. The van der Waals surface area contributed by atoms with Gasteiger partial charge in [0.15, 0.2) is 0 Å². The first-order valence-corrected chi connectivity index (χ1v) is 6.61. The molecule has 0 aliphatic carbocycles. The van der Waals surface area contributed by atoms with Gasteiger partial charge in [0, 0.05) is 15.6 Å². The predicted octanol–water partition coefficient (Wildman–Crippen LogP) is 3.35. The highest BCUT2D eigenvalue weighted by Crippen LogP contribution is 2.29. The number of rotatable bonds is 2. The Bertz CT molecular complexity index is 697. The highest BCUT2D eigenvalue weighted by Gasteiger charge is 2.10. The van der Waals surface area contributed by atoms with Gasteiger partial charge in [-0.05, 0) is 46.6 Å². The molecule has 1 aromatic heterocycles. The number of carbonyl (C=O) groups is 1. The van der Waals surface area contributed by atoms with Gasteiger partial charge >= 0.3 is 0 Å². The van der Waals surface area contributed by atoms with E-state index < -0.39 is 5.91 Å². The third-order valence-corrected chi connectivity index (χ3v) is 3.57. The highest BCUT2D eigenvalue weighted by molar-refractivity contribution is 9.10. The van der Waals surface area contributed by atoms with Crippen LogP contribution in [0.15, 0.2) is 39.6 Å². The molecule has 0 saturated carbocycles. The lowest BCUT2D eigenvalue weighted by Gasteiger charge is -2.09. The normalized spacial score (nSPS) is 10.3. The van der Waals surface area contributed by atoms with E-state index in [0.717, 1.165) is 10.0 Å². The summed E-state index contributed by atoms with van der Waals surface area (Å²) in [7, 11) is 0. The minimum atomic E-state index is -0.404. The maximum Gasteiger partial charge on any atom is 0.272 e. The quantitative estimate of drug-likeness (QED) is 0.880. The Morgan fingerprint density at radius 1 is 1.37 bits per heavy atom. The van der Waals surface area contributed by atoms with Gasteiger partial charge in [-0.25, -0.2) is 0 Å². The lowest BCUT2D eigenvalue weighted by molar-refractivity contribution is 0.102. The van der Waals surface area contributed by atoms with E-state index in [1.165, 1.54) is 18.2 Å². The number of nitrogens with one attached hydrogen (secondary N) is 2. The predicted molar refractivity (Wildman–Crippen MR) is 78.9 cm³/mol. The van der Waals surface area contributed by atoms with Gasteiger partial charge in [-0.15, -0.1) is 0 Å². The van der Waals surface area contributed by atoms with Gasteiger partial charge in [0.1, 0.15) is 5.69 Å². The minimum Gasteiger partial charge on any atom is -0.320 e. The third-order valence-electron chi connectivity index (χ3n) is 2.51. The number of aromatic amines is 1. The van der Waals surface area contributed by atoms with E-state index in [0.29, 0.717) is 10.7 Å². The topological polar surface area (TPSA) is 62.0 Å². The molecule has 0 radical (unpaired) electrons. The summed E-state index contributed by atoms with van der Waals surface area (Å²) in [4.78, 5) is 25.6. The van der Waals surface area contributed by atoms with Crippen molar-refractivity contribution in [2.24, 2.45) is 0 Å². The SMILES string of the molecule is Cc1cc(Br)c(NC(=O)c2cccc(=O)[nH]2)cc1Cl. The van der Waals surface area contributed by atoms with Gasteiger partial charge in [0.25, 0.3) is 5.91 Å². The fourth-order valence-corrected chi connectivity index (χ4v) is 2.23. The monoisotopic (exact) mass is 340 g/mol. The van der Waals surface area contributed by atoms with E-state index in [-0.39, 0.29) is 11.3 Å². The molecule has 0 fully saturated rings. The molecule has 2 aromatic rings. The van der Waals surface area contributed by atoms with E-state index in [1.807, 2.05) is 13.0 Å². The molecule has 0 spiro atoms. The van der Waals surface area contributed by atoms with Crippen LogP contribution in [-0.4, -0.2) is 10.9 Å². The number of hydrogen-bond donors (Lipinski definition) is 2. The van der Waals surface area contributed by atoms with Crippen molar-refractivity contribution in [3.8, 4) is 0 Å². The van der Waals surface area contributed by atoms with Crippen LogP contribution < -0.4 is 10.9 Å². The second kappa shape index (κ2) is 5.59. The molecule has 98 valence electrons. The number of aromatic nitrogens is 1. The minimum absolute atomic E-state index is 0.191. The van der Waals surface area contributed by atoms with Crippen molar-refractivity contribution in [3.05, 3.63) is 61.4 Å². The van der Waals surface area contributed by atoms with E-state index >= 15 is 0 Å². The second-order valence-electron chi connectivity index (χ2n) is 3.96. The van der Waals surface area contributed by atoms with E-state index in [1.54, 1.807) is 6.07 Å². The van der Waals surface area contributed by atoms with Gasteiger partial charge < -0.3 is 10.3 Å². The van der Waals surface area contributed by atoms with Crippen LogP contribution in [0.1, 0.15) is 16.1 Å². The molecule has 1 amide bonds. The summed E-state index contributed by atoms with van der Waals surface area (Å²) in [6, 6.07) is 7.85. The Morgan fingerprint density at radius 3 is 2.79 bits per heavy atom. The summed E-state index contributed by atoms with van der Waals surface area (Å²) in [5.41, 5.74) is 1.31. The zero-order valence-electron chi connectivity index (χ0n) is 9.96. The lowest BCUT2D eigenvalue weighted by atomic mass is 10.2. The zero-order valence-corrected chi connectivity index (χ0v) is 12.3. The van der Waals surface area contributed by atoms with Crippen molar-refractivity contribution in [2.75, 3.05) is 5.32 Å². The molecular weight excluding hydrogens is 332 g/mol. The largest absolute Gasteiger partial charge is 0.320 e. The number of benzene rings is 1. The molecule has 0 aliphatic heterocycles. The van der Waals surface area contributed by atoms with Gasteiger partial charge in [-0.2, -0.15) is 0 Å². The lowest BCUT2D eigenvalue weighted by Crippen LogP contribution is -2.18. The molecule has 0 bridgehead atoms. The van der Waals surface area contributed by atoms with Gasteiger partial charge in [-0.1, -0.05) is 17.7 Å². The number of halogens is 2. The molecule has 2 rings (SSSR count). The van der Waals surface area contributed by atoms with Crippen molar-refractivity contribution in [2.45, 2.75) is 6.92 Å². The van der Waals surface area contributed by atoms with Crippen molar-refractivity contribution in [1.82, 2.24) is 4.98 Å². The Balaban J connectivity index is 2.29. The number of pyridine rings is 1. The Hall–Kier alpha value is -1.59. The summed E-state index contributed by atoms with van der Waals surface area (Å²) in [6.07, 6.45) is 0. The standard InChI is InChI=1S/C13H10BrClN2O2/c1-7-5-8(14)11(6-9(7)15)17-13(19)10-3-2-4-12(18)16-10/h2-6H,1H3,(H,16,18)(H,17,19). The van der Waals surface area contributed by atoms with Gasteiger partial charge in [0.05, 0.1) is 5.69 Å². The molecule has 1 aromatic carbocycles. The smallest absolute Gasteiger partial charge is 0.272 e. The average Bonchev–Trinajstić information content (AvgIpc) is 2.36. The number of hydrogen-bond acceptors (Lipinski definition) is 2. The fraction of sp³-hybridized carbons (Fsp3) is 0.0769. The zero-order chi connectivity index (χ0) is 14.0. The number of carbonyl (C=O) groups excluding carboxylic acids is 1. The number of H-pyrrole nitrogens is 1. The molecule has 19 heavy (non-hydrogen) atoms. The molecule has 0 unspecified atom stereocenters. The molecule has 4 nitrogen and oxygen atoms in total. The van der Waals surface area contributed by atoms with Crippen LogP contribution >= 0.6 is 27.5 Å². The Kier molecular flexibility index (Phi) is 4.07. The average molecular weight is 342 g/mol. The molecular formula is C13H10BrClN2O2. The first-order chi connectivity index (χ1) is 8.97. The van der Waals surface area contributed by atoms with Crippen molar-refractivity contribution in [1.29, 1.82) is 0 Å². The summed E-state index contributed by atoms with van der Waals surface area (Å²) in [5, 5.41) is 3.24. The number of aryl methyl sites for hydroxylation is 1. The number of amides is 1. The molecule has 0 atom stereocenters. The third kappa shape index (κ3) is 3.24. The summed E-state index contributed by atoms with van der Waals surface area (Å²) in [6.45, 7) is 1.87. The highest BCUT2D eigenvalue weighted by atomic mass is 79.9. The van der Waals surface area contributed by atoms with E-state index in [9.17, 15) is 9.59 Å². The second-order valence-corrected chi connectivity index (χ2v) is 5.23. The van der Waals surface area contributed by atoms with Gasteiger partial charge in [0.2, 0.25) is 5.56 Å². The van der Waals surface area contributed by atoms with Crippen LogP contribution in [0, 0.1) is 6.92 Å². The molecule has 6 heteroatoms. The summed E-state index contributed by atoms with van der Waals surface area (Å²) < 4.78 is 0.723. The van der Waals surface area contributed by atoms with Crippen LogP contribution in [0.2, 0.25) is 5.02 Å². The van der Waals surface area contributed by atoms with E-state index in [2.05, 4.69) is 26.2 Å². The van der Waals surface area contributed by atoms with Crippen molar-refractivity contribution in [3.63, 3.8) is 0 Å². The molecule has 1 heterocycles. The molecule has 0 aliphatic rings. The van der Waals surface area contributed by atoms with Gasteiger partial charge in [-0.3, -0.25) is 9.59 Å². The molecule has 2 N–H and O–H groups in total. The first-order valence-electron chi connectivity index (χ1n) is 5.43. The maximum absolute atomic E-state index is 12.0. The van der Waals surface area contributed by atoms with Crippen LogP contribution in [0.25, 0.3) is 0 Å². The summed E-state index contributed by atoms with van der Waals surface area (Å²) in [5.74, 6) is -0.404. The van der Waals surface area contributed by atoms with Crippen LogP contribution in [-0.2, 0) is 0 Å². The Labute approximate surface area is 122 Å². The van der Waals surface area contributed by atoms with Crippen LogP contribution in [0.4, 0.5) is 5.69 Å².